The summed E-state index contributed by atoms with van der Waals surface area (Å²) in [6, 6.07) is 4.69. The summed E-state index contributed by atoms with van der Waals surface area (Å²) in [5.74, 6) is 5.44. The van der Waals surface area contributed by atoms with Crippen LogP contribution in [0.4, 0.5) is 4.39 Å². The van der Waals surface area contributed by atoms with E-state index in [1.807, 2.05) is 0 Å². The van der Waals surface area contributed by atoms with Crippen LogP contribution in [0.1, 0.15) is 24.8 Å². The Morgan fingerprint density at radius 2 is 2.37 bits per heavy atom. The zero-order valence-corrected chi connectivity index (χ0v) is 10.8. The molecule has 1 aromatic carbocycles. The van der Waals surface area contributed by atoms with Crippen LogP contribution in [-0.2, 0) is 4.74 Å². The van der Waals surface area contributed by atoms with Gasteiger partial charge in [-0.2, -0.15) is 0 Å². The fraction of sp³-hybridized carbons (Fsp3) is 0.467. The van der Waals surface area contributed by atoms with E-state index in [1.165, 1.54) is 6.07 Å². The third-order valence-electron chi connectivity index (χ3n) is 3.00. The van der Waals surface area contributed by atoms with Crippen molar-refractivity contribution in [2.45, 2.75) is 25.4 Å². The van der Waals surface area contributed by atoms with Gasteiger partial charge in [-0.1, -0.05) is 11.8 Å². The first-order valence-corrected chi connectivity index (χ1v) is 6.52. The second kappa shape index (κ2) is 7.13. The molecule has 1 aliphatic heterocycles. The predicted octanol–water partition coefficient (Wildman–Crippen LogP) is 2.08. The number of hydrogen-bond donors (Lipinski definition) is 1. The summed E-state index contributed by atoms with van der Waals surface area (Å²) >= 11 is 0. The van der Waals surface area contributed by atoms with Crippen molar-refractivity contribution in [2.75, 3.05) is 19.8 Å². The van der Waals surface area contributed by atoms with E-state index >= 15 is 0 Å². The molecule has 1 heterocycles. The van der Waals surface area contributed by atoms with Gasteiger partial charge < -0.3 is 15.2 Å². The fourth-order valence-corrected chi connectivity index (χ4v) is 2.01. The molecule has 3 nitrogen and oxygen atoms in total. The Bertz CT molecular complexity index is 473. The number of halogens is 1. The summed E-state index contributed by atoms with van der Waals surface area (Å²) in [6.07, 6.45) is 3.34. The molecule has 2 rings (SSSR count). The predicted molar refractivity (Wildman–Crippen MR) is 71.4 cm³/mol. The van der Waals surface area contributed by atoms with Gasteiger partial charge in [-0.05, 0) is 25.0 Å². The number of benzene rings is 1. The molecule has 4 heteroatoms. The van der Waals surface area contributed by atoms with Crippen LogP contribution >= 0.6 is 0 Å². The van der Waals surface area contributed by atoms with Gasteiger partial charge in [-0.3, -0.25) is 0 Å². The molecule has 1 unspecified atom stereocenters. The number of rotatable bonds is 4. The minimum Gasteiger partial charge on any atom is -0.493 e. The molecule has 1 fully saturated rings. The average Bonchev–Trinajstić information content (AvgIpc) is 2.91. The SMILES string of the molecule is NCC#Cc1ccc(OCCC2CCCO2)cc1F. The highest BCUT2D eigenvalue weighted by Crippen LogP contribution is 2.18. The lowest BCUT2D eigenvalue weighted by atomic mass is 10.2. The van der Waals surface area contributed by atoms with Crippen molar-refractivity contribution < 1.29 is 13.9 Å². The minimum atomic E-state index is -0.379. The Hall–Kier alpha value is -1.57. The summed E-state index contributed by atoms with van der Waals surface area (Å²) in [6.45, 7) is 1.60. The van der Waals surface area contributed by atoms with E-state index in [0.29, 0.717) is 24.0 Å². The van der Waals surface area contributed by atoms with Gasteiger partial charge in [0, 0.05) is 19.1 Å². The highest BCUT2D eigenvalue weighted by Gasteiger charge is 2.15. The second-order valence-electron chi connectivity index (χ2n) is 4.42. The van der Waals surface area contributed by atoms with Crippen molar-refractivity contribution in [3.05, 3.63) is 29.6 Å². The van der Waals surface area contributed by atoms with E-state index in [1.54, 1.807) is 12.1 Å². The van der Waals surface area contributed by atoms with Crippen molar-refractivity contribution >= 4 is 0 Å². The molecule has 0 bridgehead atoms. The van der Waals surface area contributed by atoms with Gasteiger partial charge in [0.15, 0.2) is 0 Å². The third kappa shape index (κ3) is 4.23. The molecular weight excluding hydrogens is 245 g/mol. The standard InChI is InChI=1S/C15H18FNO2/c16-15-11-14(6-5-12(15)3-1-8-17)19-10-7-13-4-2-9-18-13/h5-6,11,13H,2,4,7-10,17H2. The molecular formula is C15H18FNO2. The van der Waals surface area contributed by atoms with Gasteiger partial charge in [0.05, 0.1) is 24.8 Å². The van der Waals surface area contributed by atoms with Crippen molar-refractivity contribution in [3.8, 4) is 17.6 Å². The van der Waals surface area contributed by atoms with Crippen molar-refractivity contribution in [1.29, 1.82) is 0 Å². The topological polar surface area (TPSA) is 44.5 Å². The summed E-state index contributed by atoms with van der Waals surface area (Å²) in [5, 5.41) is 0. The Balaban J connectivity index is 1.85. The fourth-order valence-electron chi connectivity index (χ4n) is 2.01. The lowest BCUT2D eigenvalue weighted by molar-refractivity contribution is 0.0903. The zero-order chi connectivity index (χ0) is 13.5. The van der Waals surface area contributed by atoms with Crippen LogP contribution in [0.3, 0.4) is 0 Å². The minimum absolute atomic E-state index is 0.221. The molecule has 0 saturated carbocycles. The molecule has 1 aliphatic rings. The summed E-state index contributed by atoms with van der Waals surface area (Å²) in [4.78, 5) is 0. The largest absolute Gasteiger partial charge is 0.493 e. The Morgan fingerprint density at radius 3 is 3.05 bits per heavy atom. The van der Waals surface area contributed by atoms with Crippen molar-refractivity contribution in [2.24, 2.45) is 5.73 Å². The summed E-state index contributed by atoms with van der Waals surface area (Å²) < 4.78 is 24.7. The van der Waals surface area contributed by atoms with E-state index in [4.69, 9.17) is 15.2 Å². The van der Waals surface area contributed by atoms with Crippen LogP contribution in [0.2, 0.25) is 0 Å². The average molecular weight is 263 g/mol. The molecule has 1 aromatic rings. The summed E-state index contributed by atoms with van der Waals surface area (Å²) in [5.41, 5.74) is 5.59. The van der Waals surface area contributed by atoms with Crippen molar-refractivity contribution in [1.82, 2.24) is 0 Å². The molecule has 0 aliphatic carbocycles. The van der Waals surface area contributed by atoms with Crippen LogP contribution in [0.5, 0.6) is 5.75 Å². The maximum absolute atomic E-state index is 13.7. The smallest absolute Gasteiger partial charge is 0.142 e. The molecule has 1 saturated heterocycles. The van der Waals surface area contributed by atoms with Gasteiger partial charge in [-0.15, -0.1) is 0 Å². The zero-order valence-electron chi connectivity index (χ0n) is 10.8. The van der Waals surface area contributed by atoms with Crippen LogP contribution in [0.25, 0.3) is 0 Å². The van der Waals surface area contributed by atoms with E-state index in [9.17, 15) is 4.39 Å². The lowest BCUT2D eigenvalue weighted by Crippen LogP contribution is -2.10. The molecule has 0 spiro atoms. The Kier molecular flexibility index (Phi) is 5.20. The van der Waals surface area contributed by atoms with Crippen LogP contribution < -0.4 is 10.5 Å². The van der Waals surface area contributed by atoms with Gasteiger partial charge in [0.25, 0.3) is 0 Å². The maximum atomic E-state index is 13.7. The first kappa shape index (κ1) is 13.9. The normalized spacial score (nSPS) is 17.9. The lowest BCUT2D eigenvalue weighted by Gasteiger charge is -2.10. The van der Waals surface area contributed by atoms with Gasteiger partial charge >= 0.3 is 0 Å². The van der Waals surface area contributed by atoms with Gasteiger partial charge in [-0.25, -0.2) is 4.39 Å². The third-order valence-corrected chi connectivity index (χ3v) is 3.00. The highest BCUT2D eigenvalue weighted by molar-refractivity contribution is 5.39. The monoisotopic (exact) mass is 263 g/mol. The molecule has 1 atom stereocenters. The van der Waals surface area contributed by atoms with E-state index < -0.39 is 0 Å². The first-order valence-electron chi connectivity index (χ1n) is 6.52. The van der Waals surface area contributed by atoms with Crippen LogP contribution in [-0.4, -0.2) is 25.9 Å². The second-order valence-corrected chi connectivity index (χ2v) is 4.42. The van der Waals surface area contributed by atoms with Crippen LogP contribution in [0, 0.1) is 17.7 Å². The molecule has 19 heavy (non-hydrogen) atoms. The molecule has 0 aromatic heterocycles. The van der Waals surface area contributed by atoms with Gasteiger partial charge in [0.1, 0.15) is 11.6 Å². The highest BCUT2D eigenvalue weighted by atomic mass is 19.1. The molecule has 2 N–H and O–H groups in total. The molecule has 102 valence electrons. The number of hydrogen-bond acceptors (Lipinski definition) is 3. The molecule has 0 radical (unpaired) electrons. The van der Waals surface area contributed by atoms with Crippen LogP contribution in [0.15, 0.2) is 18.2 Å². The summed E-state index contributed by atoms with van der Waals surface area (Å²) in [7, 11) is 0. The maximum Gasteiger partial charge on any atom is 0.142 e. The quantitative estimate of drug-likeness (QED) is 0.846. The van der Waals surface area contributed by atoms with E-state index in [2.05, 4.69) is 11.8 Å². The van der Waals surface area contributed by atoms with Crippen molar-refractivity contribution in [3.63, 3.8) is 0 Å². The van der Waals surface area contributed by atoms with E-state index in [-0.39, 0.29) is 12.4 Å². The Labute approximate surface area is 112 Å². The van der Waals surface area contributed by atoms with Gasteiger partial charge in [0.2, 0.25) is 0 Å². The number of nitrogens with two attached hydrogens (primary N) is 1. The Morgan fingerprint density at radius 1 is 1.47 bits per heavy atom. The first-order chi connectivity index (χ1) is 9.29. The molecule has 0 amide bonds. The number of ether oxygens (including phenoxy) is 2. The van der Waals surface area contributed by atoms with E-state index in [0.717, 1.165) is 25.9 Å².